The number of hydrogen-bond acceptors (Lipinski definition) is 6. The zero-order valence-corrected chi connectivity index (χ0v) is 18.8. The molecule has 5 rings (SSSR count). The minimum Gasteiger partial charge on any atom is -0.348 e. The van der Waals surface area contributed by atoms with Crippen LogP contribution in [0.2, 0.25) is 0 Å². The fraction of sp³-hybridized carbons (Fsp3) is 0.538. The summed E-state index contributed by atoms with van der Waals surface area (Å²) in [4.78, 5) is 5.05. The van der Waals surface area contributed by atoms with Crippen molar-refractivity contribution in [2.24, 2.45) is 0 Å². The van der Waals surface area contributed by atoms with Crippen molar-refractivity contribution >= 4 is 0 Å². The molecule has 6 nitrogen and oxygen atoms in total. The van der Waals surface area contributed by atoms with E-state index in [2.05, 4.69) is 58.3 Å². The molecule has 2 aromatic carbocycles. The lowest BCUT2D eigenvalue weighted by atomic mass is 10.1. The van der Waals surface area contributed by atoms with E-state index in [0.29, 0.717) is 26.4 Å². The van der Waals surface area contributed by atoms with Gasteiger partial charge in [0.1, 0.15) is 0 Å². The molecule has 0 atom stereocenters. The second-order valence-electron chi connectivity index (χ2n) is 8.90. The summed E-state index contributed by atoms with van der Waals surface area (Å²) in [7, 11) is 0. The van der Waals surface area contributed by atoms with E-state index in [1.165, 1.54) is 22.3 Å². The molecule has 0 bridgehead atoms. The smallest absolute Gasteiger partial charge is 0.159 e. The highest BCUT2D eigenvalue weighted by atomic mass is 16.7. The molecule has 3 aliphatic rings. The maximum absolute atomic E-state index is 5.99. The molecule has 2 aromatic rings. The SMILES string of the molecule is c1ccc2c(c1)COC(CCN1CCN(CCC3OCc4ccccc4CO3)CC1)OC2. The second-order valence-corrected chi connectivity index (χ2v) is 8.90. The predicted molar refractivity (Wildman–Crippen MR) is 122 cm³/mol. The quantitative estimate of drug-likeness (QED) is 0.688. The van der Waals surface area contributed by atoms with Crippen LogP contribution in [0.5, 0.6) is 0 Å². The van der Waals surface area contributed by atoms with Gasteiger partial charge in [-0.2, -0.15) is 0 Å². The van der Waals surface area contributed by atoms with Gasteiger partial charge >= 0.3 is 0 Å². The maximum atomic E-state index is 5.99. The van der Waals surface area contributed by atoms with Gasteiger partial charge in [-0.05, 0) is 22.3 Å². The molecule has 3 heterocycles. The molecule has 0 radical (unpaired) electrons. The number of fused-ring (bicyclic) bond motifs is 2. The Balaban J connectivity index is 0.986. The van der Waals surface area contributed by atoms with Crippen LogP contribution in [0.25, 0.3) is 0 Å². The van der Waals surface area contributed by atoms with E-state index in [0.717, 1.165) is 52.1 Å². The molecule has 0 amide bonds. The number of nitrogens with zero attached hydrogens (tertiary/aromatic N) is 2. The summed E-state index contributed by atoms with van der Waals surface area (Å²) < 4.78 is 24.0. The van der Waals surface area contributed by atoms with Crippen molar-refractivity contribution in [1.82, 2.24) is 9.80 Å². The zero-order chi connectivity index (χ0) is 21.6. The van der Waals surface area contributed by atoms with E-state index in [4.69, 9.17) is 18.9 Å². The van der Waals surface area contributed by atoms with Gasteiger partial charge in [-0.15, -0.1) is 0 Å². The molecular weight excluding hydrogens is 404 g/mol. The number of rotatable bonds is 6. The monoisotopic (exact) mass is 438 g/mol. The summed E-state index contributed by atoms with van der Waals surface area (Å²) in [6, 6.07) is 16.8. The van der Waals surface area contributed by atoms with E-state index in [9.17, 15) is 0 Å². The van der Waals surface area contributed by atoms with Crippen LogP contribution in [0.3, 0.4) is 0 Å². The molecule has 3 aliphatic heterocycles. The summed E-state index contributed by atoms with van der Waals surface area (Å²) in [6.45, 7) is 8.96. The number of hydrogen-bond donors (Lipinski definition) is 0. The summed E-state index contributed by atoms with van der Waals surface area (Å²) in [5.74, 6) is 0. The number of piperazine rings is 1. The third kappa shape index (κ3) is 5.76. The van der Waals surface area contributed by atoms with Gasteiger partial charge in [0.15, 0.2) is 12.6 Å². The first kappa shape index (κ1) is 22.0. The van der Waals surface area contributed by atoms with Gasteiger partial charge in [-0.25, -0.2) is 0 Å². The molecule has 172 valence electrons. The Bertz CT molecular complexity index is 743. The second kappa shape index (κ2) is 10.9. The molecule has 0 aliphatic carbocycles. The third-order valence-electron chi connectivity index (χ3n) is 6.76. The van der Waals surface area contributed by atoms with Crippen molar-refractivity contribution in [2.75, 3.05) is 39.3 Å². The van der Waals surface area contributed by atoms with Crippen molar-refractivity contribution in [3.63, 3.8) is 0 Å². The Labute approximate surface area is 191 Å². The number of benzene rings is 2. The van der Waals surface area contributed by atoms with Crippen LogP contribution in [0.4, 0.5) is 0 Å². The van der Waals surface area contributed by atoms with Crippen molar-refractivity contribution in [3.8, 4) is 0 Å². The molecule has 0 spiro atoms. The first-order chi connectivity index (χ1) is 15.8. The molecule has 32 heavy (non-hydrogen) atoms. The highest BCUT2D eigenvalue weighted by Gasteiger charge is 2.22. The van der Waals surface area contributed by atoms with E-state index in [1.54, 1.807) is 0 Å². The molecule has 1 fully saturated rings. The van der Waals surface area contributed by atoms with Gasteiger partial charge in [0.2, 0.25) is 0 Å². The van der Waals surface area contributed by atoms with Gasteiger partial charge in [-0.3, -0.25) is 0 Å². The normalized spacial score (nSPS) is 21.5. The highest BCUT2D eigenvalue weighted by Crippen LogP contribution is 2.21. The Morgan fingerprint density at radius 1 is 0.531 bits per heavy atom. The Morgan fingerprint density at radius 2 is 0.844 bits per heavy atom. The highest BCUT2D eigenvalue weighted by molar-refractivity contribution is 5.27. The van der Waals surface area contributed by atoms with Gasteiger partial charge in [0, 0.05) is 52.1 Å². The summed E-state index contributed by atoms with van der Waals surface area (Å²) in [5, 5.41) is 0. The lowest BCUT2D eigenvalue weighted by Crippen LogP contribution is -2.47. The lowest BCUT2D eigenvalue weighted by molar-refractivity contribution is -0.156. The van der Waals surface area contributed by atoms with Crippen LogP contribution in [-0.2, 0) is 45.4 Å². The topological polar surface area (TPSA) is 43.4 Å². The molecule has 0 aromatic heterocycles. The summed E-state index contributed by atoms with van der Waals surface area (Å²) in [5.41, 5.74) is 4.98. The van der Waals surface area contributed by atoms with Crippen LogP contribution in [0, 0.1) is 0 Å². The van der Waals surface area contributed by atoms with Gasteiger partial charge in [0.05, 0.1) is 26.4 Å². The molecular formula is C26H34N2O4. The number of ether oxygens (including phenoxy) is 4. The van der Waals surface area contributed by atoms with Crippen LogP contribution < -0.4 is 0 Å². The summed E-state index contributed by atoms with van der Waals surface area (Å²) in [6.07, 6.45) is 1.60. The van der Waals surface area contributed by atoms with Crippen LogP contribution in [0.1, 0.15) is 35.1 Å². The first-order valence-corrected chi connectivity index (χ1v) is 11.9. The third-order valence-corrected chi connectivity index (χ3v) is 6.76. The van der Waals surface area contributed by atoms with Crippen LogP contribution >= 0.6 is 0 Å². The van der Waals surface area contributed by atoms with Crippen LogP contribution in [-0.4, -0.2) is 61.6 Å². The standard InChI is InChI=1S/C26H34N2O4/c1-2-6-22-18-30-25(29-17-21(22)5-1)9-11-27-13-15-28(16-14-27)12-10-26-31-19-23-7-3-4-8-24(23)20-32-26/h1-8,25-26H,9-20H2. The van der Waals surface area contributed by atoms with Crippen molar-refractivity contribution in [1.29, 1.82) is 0 Å². The van der Waals surface area contributed by atoms with E-state index in [-0.39, 0.29) is 12.6 Å². The van der Waals surface area contributed by atoms with E-state index >= 15 is 0 Å². The Hall–Kier alpha value is -1.80. The molecule has 0 saturated carbocycles. The summed E-state index contributed by atoms with van der Waals surface area (Å²) >= 11 is 0. The Kier molecular flexibility index (Phi) is 7.48. The van der Waals surface area contributed by atoms with Gasteiger partial charge in [0.25, 0.3) is 0 Å². The van der Waals surface area contributed by atoms with Crippen molar-refractivity contribution in [2.45, 2.75) is 51.8 Å². The average Bonchev–Trinajstić information content (AvgIpc) is 3.19. The Morgan fingerprint density at radius 3 is 1.16 bits per heavy atom. The largest absolute Gasteiger partial charge is 0.348 e. The lowest BCUT2D eigenvalue weighted by Gasteiger charge is -2.35. The van der Waals surface area contributed by atoms with Crippen molar-refractivity contribution in [3.05, 3.63) is 70.8 Å². The fourth-order valence-corrected chi connectivity index (χ4v) is 4.65. The van der Waals surface area contributed by atoms with E-state index < -0.39 is 0 Å². The predicted octanol–water partition coefficient (Wildman–Crippen LogP) is 3.53. The maximum Gasteiger partial charge on any atom is 0.159 e. The van der Waals surface area contributed by atoms with E-state index in [1.807, 2.05) is 0 Å². The molecule has 0 N–H and O–H groups in total. The van der Waals surface area contributed by atoms with Crippen LogP contribution in [0.15, 0.2) is 48.5 Å². The van der Waals surface area contributed by atoms with Gasteiger partial charge < -0.3 is 28.7 Å². The molecule has 1 saturated heterocycles. The van der Waals surface area contributed by atoms with Crippen molar-refractivity contribution < 1.29 is 18.9 Å². The zero-order valence-electron chi connectivity index (χ0n) is 18.8. The van der Waals surface area contributed by atoms with Gasteiger partial charge in [-0.1, -0.05) is 48.5 Å². The minimum absolute atomic E-state index is 0.117. The molecule has 0 unspecified atom stereocenters. The first-order valence-electron chi connectivity index (χ1n) is 11.9. The molecule has 6 heteroatoms. The minimum atomic E-state index is -0.117. The fourth-order valence-electron chi connectivity index (χ4n) is 4.65. The average molecular weight is 439 g/mol.